The number of hydrogen-bond donors (Lipinski definition) is 0. The Kier molecular flexibility index (Phi) is 5.71. The molecule has 0 atom stereocenters. The Morgan fingerprint density at radius 2 is 2.31 bits per heavy atom. The predicted octanol–water partition coefficient (Wildman–Crippen LogP) is 1.23. The van der Waals surface area contributed by atoms with Crippen molar-refractivity contribution in [2.24, 2.45) is 0 Å². The molecule has 0 aromatic carbocycles. The maximum absolute atomic E-state index is 11.6. The van der Waals surface area contributed by atoms with Crippen LogP contribution in [0.3, 0.4) is 0 Å². The second kappa shape index (κ2) is 7.11. The van der Waals surface area contributed by atoms with Crippen molar-refractivity contribution in [1.29, 1.82) is 0 Å². The Morgan fingerprint density at radius 1 is 1.50 bits per heavy atom. The Morgan fingerprint density at radius 3 is 3.00 bits per heavy atom. The van der Waals surface area contributed by atoms with Crippen molar-refractivity contribution in [3.05, 3.63) is 12.2 Å². The second-order valence-corrected chi connectivity index (χ2v) is 3.56. The highest BCUT2D eigenvalue weighted by molar-refractivity contribution is 5.80. The number of ether oxygens (including phenoxy) is 1. The van der Waals surface area contributed by atoms with Gasteiger partial charge in [-0.25, -0.2) is 9.67 Å². The number of ketones is 1. The van der Waals surface area contributed by atoms with Crippen LogP contribution in [0.15, 0.2) is 6.33 Å². The van der Waals surface area contributed by atoms with Gasteiger partial charge in [-0.05, 0) is 13.3 Å². The SMILES string of the molecule is CCCn1ncnc1CC(=O)CCOCC. The monoisotopic (exact) mass is 225 g/mol. The van der Waals surface area contributed by atoms with Crippen LogP contribution in [-0.2, 0) is 22.5 Å². The molecule has 0 bridgehead atoms. The molecule has 90 valence electrons. The minimum Gasteiger partial charge on any atom is -0.381 e. The average molecular weight is 225 g/mol. The zero-order chi connectivity index (χ0) is 11.8. The van der Waals surface area contributed by atoms with Crippen molar-refractivity contribution in [2.75, 3.05) is 13.2 Å². The minimum atomic E-state index is 0.152. The van der Waals surface area contributed by atoms with Gasteiger partial charge in [-0.1, -0.05) is 6.92 Å². The van der Waals surface area contributed by atoms with Crippen molar-refractivity contribution >= 4 is 5.78 Å². The lowest BCUT2D eigenvalue weighted by molar-refractivity contribution is -0.119. The maximum atomic E-state index is 11.6. The molecule has 1 aromatic heterocycles. The van der Waals surface area contributed by atoms with Crippen molar-refractivity contribution in [2.45, 2.75) is 39.7 Å². The molecule has 0 spiro atoms. The van der Waals surface area contributed by atoms with Crippen LogP contribution in [0.5, 0.6) is 0 Å². The highest BCUT2D eigenvalue weighted by atomic mass is 16.5. The van der Waals surface area contributed by atoms with Crippen LogP contribution in [0.4, 0.5) is 0 Å². The van der Waals surface area contributed by atoms with Gasteiger partial charge in [0.05, 0.1) is 13.0 Å². The van der Waals surface area contributed by atoms with Crippen molar-refractivity contribution in [3.63, 3.8) is 0 Å². The van der Waals surface area contributed by atoms with E-state index in [0.717, 1.165) is 18.8 Å². The van der Waals surface area contributed by atoms with Crippen LogP contribution < -0.4 is 0 Å². The van der Waals surface area contributed by atoms with Gasteiger partial charge in [0, 0.05) is 19.6 Å². The van der Waals surface area contributed by atoms with Gasteiger partial charge in [-0.2, -0.15) is 5.10 Å². The topological polar surface area (TPSA) is 57.0 Å². The fourth-order valence-electron chi connectivity index (χ4n) is 1.42. The summed E-state index contributed by atoms with van der Waals surface area (Å²) in [4.78, 5) is 15.7. The first-order chi connectivity index (χ1) is 7.77. The molecule has 1 aromatic rings. The average Bonchev–Trinajstić information content (AvgIpc) is 2.67. The van der Waals surface area contributed by atoms with E-state index in [9.17, 15) is 4.79 Å². The number of carbonyl (C=O) groups is 1. The van der Waals surface area contributed by atoms with E-state index in [1.54, 1.807) is 4.68 Å². The van der Waals surface area contributed by atoms with E-state index in [1.165, 1.54) is 6.33 Å². The normalized spacial score (nSPS) is 10.6. The van der Waals surface area contributed by atoms with Crippen LogP contribution in [0, 0.1) is 0 Å². The quantitative estimate of drug-likeness (QED) is 0.624. The van der Waals surface area contributed by atoms with Crippen LogP contribution in [0.2, 0.25) is 0 Å². The molecule has 1 rings (SSSR count). The second-order valence-electron chi connectivity index (χ2n) is 3.56. The summed E-state index contributed by atoms with van der Waals surface area (Å²) in [6.07, 6.45) is 3.30. The molecule has 0 aliphatic heterocycles. The first kappa shape index (κ1) is 12.8. The van der Waals surface area contributed by atoms with E-state index in [-0.39, 0.29) is 5.78 Å². The van der Waals surface area contributed by atoms with Gasteiger partial charge in [0.1, 0.15) is 17.9 Å². The van der Waals surface area contributed by atoms with Gasteiger partial charge in [-0.15, -0.1) is 0 Å². The standard InChI is InChI=1S/C11H19N3O2/c1-3-6-14-11(12-9-13-14)8-10(15)5-7-16-4-2/h9H,3-8H2,1-2H3. The lowest BCUT2D eigenvalue weighted by Gasteiger charge is -2.04. The number of nitrogens with zero attached hydrogens (tertiary/aromatic N) is 3. The summed E-state index contributed by atoms with van der Waals surface area (Å²) in [5, 5.41) is 4.08. The molecule has 0 aliphatic rings. The fourth-order valence-corrected chi connectivity index (χ4v) is 1.42. The molecule has 0 radical (unpaired) electrons. The minimum absolute atomic E-state index is 0.152. The Balaban J connectivity index is 2.39. The van der Waals surface area contributed by atoms with E-state index in [1.807, 2.05) is 6.92 Å². The molecular weight excluding hydrogens is 206 g/mol. The maximum Gasteiger partial charge on any atom is 0.142 e. The summed E-state index contributed by atoms with van der Waals surface area (Å²) in [6.45, 7) is 5.95. The summed E-state index contributed by atoms with van der Waals surface area (Å²) in [5.74, 6) is 0.905. The van der Waals surface area contributed by atoms with Gasteiger partial charge in [0.25, 0.3) is 0 Å². The highest BCUT2D eigenvalue weighted by Gasteiger charge is 2.09. The molecule has 0 saturated heterocycles. The summed E-state index contributed by atoms with van der Waals surface area (Å²) in [7, 11) is 0. The fraction of sp³-hybridized carbons (Fsp3) is 0.727. The van der Waals surface area contributed by atoms with Gasteiger partial charge >= 0.3 is 0 Å². The third-order valence-corrected chi connectivity index (χ3v) is 2.22. The molecule has 16 heavy (non-hydrogen) atoms. The molecule has 0 saturated carbocycles. The van der Waals surface area contributed by atoms with Crippen molar-refractivity contribution in [3.8, 4) is 0 Å². The Bertz CT molecular complexity index is 323. The van der Waals surface area contributed by atoms with Gasteiger partial charge in [0.15, 0.2) is 0 Å². The third kappa shape index (κ3) is 4.10. The van der Waals surface area contributed by atoms with Crippen LogP contribution in [0.1, 0.15) is 32.5 Å². The lowest BCUT2D eigenvalue weighted by Crippen LogP contribution is -2.13. The highest BCUT2D eigenvalue weighted by Crippen LogP contribution is 2.00. The van der Waals surface area contributed by atoms with E-state index in [0.29, 0.717) is 26.1 Å². The third-order valence-electron chi connectivity index (χ3n) is 2.22. The molecule has 0 amide bonds. The number of hydrogen-bond acceptors (Lipinski definition) is 4. The molecule has 5 nitrogen and oxygen atoms in total. The summed E-state index contributed by atoms with van der Waals surface area (Å²) in [6, 6.07) is 0. The largest absolute Gasteiger partial charge is 0.381 e. The van der Waals surface area contributed by atoms with E-state index in [2.05, 4.69) is 17.0 Å². The first-order valence-electron chi connectivity index (χ1n) is 5.74. The number of Topliss-reactive ketones (excluding diaryl/α,β-unsaturated/α-hetero) is 1. The molecule has 5 heteroatoms. The van der Waals surface area contributed by atoms with Gasteiger partial charge in [-0.3, -0.25) is 4.79 Å². The molecular formula is C11H19N3O2. The lowest BCUT2D eigenvalue weighted by atomic mass is 10.2. The number of aromatic nitrogens is 3. The zero-order valence-corrected chi connectivity index (χ0v) is 9.98. The molecule has 0 N–H and O–H groups in total. The molecule has 0 aliphatic carbocycles. The van der Waals surface area contributed by atoms with E-state index >= 15 is 0 Å². The van der Waals surface area contributed by atoms with Gasteiger partial charge in [0.2, 0.25) is 0 Å². The molecule has 1 heterocycles. The smallest absolute Gasteiger partial charge is 0.142 e. The van der Waals surface area contributed by atoms with E-state index < -0.39 is 0 Å². The van der Waals surface area contributed by atoms with Crippen molar-refractivity contribution in [1.82, 2.24) is 14.8 Å². The molecule has 0 unspecified atom stereocenters. The van der Waals surface area contributed by atoms with Gasteiger partial charge < -0.3 is 4.74 Å². The van der Waals surface area contributed by atoms with Crippen LogP contribution in [-0.4, -0.2) is 33.8 Å². The number of carbonyl (C=O) groups excluding carboxylic acids is 1. The van der Waals surface area contributed by atoms with Crippen molar-refractivity contribution < 1.29 is 9.53 Å². The first-order valence-corrected chi connectivity index (χ1v) is 5.74. The van der Waals surface area contributed by atoms with E-state index in [4.69, 9.17) is 4.74 Å². The predicted molar refractivity (Wildman–Crippen MR) is 60.1 cm³/mol. The summed E-state index contributed by atoms with van der Waals surface area (Å²) >= 11 is 0. The van der Waals surface area contributed by atoms with Crippen LogP contribution in [0.25, 0.3) is 0 Å². The Hall–Kier alpha value is -1.23. The number of aryl methyl sites for hydroxylation is 1. The Labute approximate surface area is 95.8 Å². The number of rotatable bonds is 8. The zero-order valence-electron chi connectivity index (χ0n) is 9.98. The summed E-state index contributed by atoms with van der Waals surface area (Å²) in [5.41, 5.74) is 0. The summed E-state index contributed by atoms with van der Waals surface area (Å²) < 4.78 is 6.93. The van der Waals surface area contributed by atoms with Crippen LogP contribution >= 0.6 is 0 Å². The molecule has 0 fully saturated rings.